The van der Waals surface area contributed by atoms with Crippen LogP contribution in [0.15, 0.2) is 84.9 Å². The van der Waals surface area contributed by atoms with Crippen molar-refractivity contribution in [1.29, 1.82) is 0 Å². The van der Waals surface area contributed by atoms with Crippen LogP contribution in [0.4, 0.5) is 0 Å². The lowest BCUT2D eigenvalue weighted by Gasteiger charge is -1.97. The van der Waals surface area contributed by atoms with Crippen LogP contribution >= 0.6 is 0 Å². The summed E-state index contributed by atoms with van der Waals surface area (Å²) in [6, 6.07) is 26.6. The predicted molar refractivity (Wildman–Crippen MR) is 97.7 cm³/mol. The fourth-order valence-corrected chi connectivity index (χ4v) is 2.42. The van der Waals surface area contributed by atoms with Crippen molar-refractivity contribution in [3.63, 3.8) is 0 Å². The van der Waals surface area contributed by atoms with Gasteiger partial charge in [-0.2, -0.15) is 0 Å². The van der Waals surface area contributed by atoms with Gasteiger partial charge in [-0.15, -0.1) is 0 Å². The summed E-state index contributed by atoms with van der Waals surface area (Å²) in [5.74, 6) is 0.700. The van der Waals surface area contributed by atoms with E-state index < -0.39 is 0 Å². The maximum absolute atomic E-state index is 9.37. The molecule has 0 aromatic heterocycles. The molecule has 0 aliphatic rings. The van der Waals surface area contributed by atoms with Crippen LogP contribution in [0.25, 0.3) is 21.5 Å². The quantitative estimate of drug-likeness (QED) is 0.466. The Morgan fingerprint density at radius 2 is 0.792 bits per heavy atom. The molecule has 117 valence electrons. The number of fused-ring (bicyclic) bond motifs is 2. The highest BCUT2D eigenvalue weighted by Crippen LogP contribution is 2.23. The molecule has 4 aromatic carbocycles. The topological polar surface area (TPSA) is 69.0 Å². The zero-order chi connectivity index (χ0) is 15.4. The van der Waals surface area contributed by atoms with Crippen molar-refractivity contribution in [2.45, 2.75) is 0 Å². The van der Waals surface area contributed by atoms with Crippen molar-refractivity contribution < 1.29 is 15.7 Å². The number of phenols is 2. The fraction of sp³-hybridized carbons (Fsp3) is 0. The van der Waals surface area contributed by atoms with Gasteiger partial charge in [0.2, 0.25) is 0 Å². The third kappa shape index (κ3) is 4.06. The lowest BCUT2D eigenvalue weighted by atomic mass is 10.1. The molecule has 0 aliphatic carbocycles. The minimum atomic E-state index is 0. The first-order valence-corrected chi connectivity index (χ1v) is 7.09. The summed E-state index contributed by atoms with van der Waals surface area (Å²) in [4.78, 5) is 0. The van der Waals surface area contributed by atoms with Gasteiger partial charge in [-0.05, 0) is 22.9 Å². The van der Waals surface area contributed by atoms with E-state index in [0.717, 1.165) is 21.5 Å². The predicted octanol–water partition coefficient (Wildman–Crippen LogP) is 4.59. The van der Waals surface area contributed by atoms with E-state index in [1.807, 2.05) is 72.8 Å². The van der Waals surface area contributed by atoms with Crippen molar-refractivity contribution in [1.82, 2.24) is 0 Å². The number of benzene rings is 4. The van der Waals surface area contributed by atoms with Gasteiger partial charge in [-0.3, -0.25) is 0 Å². The molecule has 0 spiro atoms. The second-order valence-electron chi connectivity index (χ2n) is 5.00. The minimum absolute atomic E-state index is 0. The summed E-state index contributed by atoms with van der Waals surface area (Å²) in [6.07, 6.45) is 0. The van der Waals surface area contributed by atoms with Crippen LogP contribution in [-0.4, -0.2) is 18.6 Å². The number of hydrogen-bond donors (Lipinski definition) is 2. The first-order chi connectivity index (χ1) is 10.8. The largest absolute Gasteiger partial charge is 0.507 e. The number of aromatic hydroxyl groups is 2. The summed E-state index contributed by atoms with van der Waals surface area (Å²) in [7, 11) is 0. The van der Waals surface area contributed by atoms with Gasteiger partial charge < -0.3 is 10.2 Å². The molecule has 0 heterocycles. The van der Waals surface area contributed by atoms with Crippen molar-refractivity contribution >= 4 is 30.0 Å². The monoisotopic (exact) mass is 315 g/mol. The van der Waals surface area contributed by atoms with Gasteiger partial charge >= 0.3 is 0 Å². The second-order valence-corrected chi connectivity index (χ2v) is 5.00. The van der Waals surface area contributed by atoms with Gasteiger partial charge in [-0.25, -0.2) is 0 Å². The number of rotatable bonds is 0. The maximum atomic E-state index is 9.37. The van der Waals surface area contributed by atoms with Crippen molar-refractivity contribution in [2.24, 2.45) is 0 Å². The average Bonchev–Trinajstić information content (AvgIpc) is 2.57. The highest BCUT2D eigenvalue weighted by atomic mass is 16.3. The van der Waals surface area contributed by atoms with Gasteiger partial charge in [0.1, 0.15) is 11.5 Å². The minimum Gasteiger partial charge on any atom is -0.507 e. The Morgan fingerprint density at radius 1 is 0.458 bits per heavy atom. The van der Waals surface area contributed by atoms with Gasteiger partial charge in [0, 0.05) is 24.7 Å². The number of hydrogen-bond acceptors (Lipinski definition) is 2. The Labute approximate surface area is 142 Å². The van der Waals surface area contributed by atoms with Gasteiger partial charge in [0.15, 0.2) is 0 Å². The fourth-order valence-electron chi connectivity index (χ4n) is 2.42. The Morgan fingerprint density at radius 3 is 1.17 bits per heavy atom. The third-order valence-electron chi connectivity index (χ3n) is 3.53. The van der Waals surface area contributed by atoms with E-state index in [9.17, 15) is 10.2 Å². The lowest BCUT2D eigenvalue weighted by Crippen LogP contribution is -1.70. The van der Waals surface area contributed by atoms with E-state index >= 15 is 0 Å². The highest BCUT2D eigenvalue weighted by molar-refractivity contribution is 5.88. The molecule has 24 heavy (non-hydrogen) atoms. The van der Waals surface area contributed by atoms with Crippen molar-refractivity contribution in [3.05, 3.63) is 84.9 Å². The van der Waals surface area contributed by atoms with E-state index in [1.54, 1.807) is 12.1 Å². The molecule has 4 rings (SSSR count). The van der Waals surface area contributed by atoms with Crippen LogP contribution in [0.2, 0.25) is 0 Å². The molecule has 2 N–H and O–H groups in total. The van der Waals surface area contributed by atoms with Crippen LogP contribution in [0.1, 0.15) is 0 Å². The summed E-state index contributed by atoms with van der Waals surface area (Å²) in [6.45, 7) is 0. The lowest BCUT2D eigenvalue weighted by molar-refractivity contribution is 0.481. The molecule has 0 bridgehead atoms. The smallest absolute Gasteiger partial charge is 0.123 e. The van der Waals surface area contributed by atoms with Crippen LogP contribution in [0, 0.1) is 0 Å². The van der Waals surface area contributed by atoms with Crippen LogP contribution < -0.4 is 0 Å². The molecule has 4 aromatic rings. The molecule has 5 radical (unpaired) electrons. The maximum Gasteiger partial charge on any atom is 0.123 e. The molecule has 0 atom stereocenters. The SMILES string of the molecule is Oc1cccc2ccccc12.Oc1cccc2ccccc12.[B].[O]. The average molecular weight is 315 g/mol. The van der Waals surface area contributed by atoms with Gasteiger partial charge in [0.05, 0.1) is 0 Å². The third-order valence-corrected chi connectivity index (χ3v) is 3.53. The molecule has 0 amide bonds. The van der Waals surface area contributed by atoms with E-state index in [1.165, 1.54) is 0 Å². The Balaban J connectivity index is 0.000000222. The summed E-state index contributed by atoms with van der Waals surface area (Å²) in [5.41, 5.74) is 0. The molecule has 0 saturated carbocycles. The summed E-state index contributed by atoms with van der Waals surface area (Å²) >= 11 is 0. The summed E-state index contributed by atoms with van der Waals surface area (Å²) in [5, 5.41) is 22.7. The Hall–Kier alpha value is -2.98. The molecule has 0 fully saturated rings. The highest BCUT2D eigenvalue weighted by Gasteiger charge is 1.95. The molecular formula is C20H16BO3. The van der Waals surface area contributed by atoms with E-state index in [2.05, 4.69) is 0 Å². The molecule has 0 unspecified atom stereocenters. The molecular weight excluding hydrogens is 299 g/mol. The normalized spacial score (nSPS) is 9.33. The molecule has 3 nitrogen and oxygen atoms in total. The van der Waals surface area contributed by atoms with E-state index in [-0.39, 0.29) is 13.9 Å². The Bertz CT molecular complexity index is 834. The molecule has 0 saturated heterocycles. The van der Waals surface area contributed by atoms with E-state index in [4.69, 9.17) is 0 Å². The second kappa shape index (κ2) is 8.60. The van der Waals surface area contributed by atoms with Crippen molar-refractivity contribution in [3.8, 4) is 11.5 Å². The zero-order valence-corrected chi connectivity index (χ0v) is 13.0. The van der Waals surface area contributed by atoms with Gasteiger partial charge in [-0.1, -0.05) is 72.8 Å². The zero-order valence-electron chi connectivity index (χ0n) is 13.0. The summed E-state index contributed by atoms with van der Waals surface area (Å²) < 4.78 is 0. The van der Waals surface area contributed by atoms with Gasteiger partial charge in [0.25, 0.3) is 0 Å². The Kier molecular flexibility index (Phi) is 6.84. The molecule has 0 aliphatic heterocycles. The standard InChI is InChI=1S/2C10H8O.B.O/c2*11-10-7-3-5-8-4-1-2-6-9(8)10;;/h2*1-7,11H;;. The first-order valence-electron chi connectivity index (χ1n) is 7.09. The van der Waals surface area contributed by atoms with Crippen LogP contribution in [0.3, 0.4) is 0 Å². The number of phenolic OH excluding ortho intramolecular Hbond substituents is 2. The molecule has 4 heteroatoms. The van der Waals surface area contributed by atoms with E-state index in [0.29, 0.717) is 11.5 Å². The van der Waals surface area contributed by atoms with Crippen molar-refractivity contribution in [2.75, 3.05) is 0 Å². The first kappa shape index (κ1) is 19.1. The van der Waals surface area contributed by atoms with Crippen LogP contribution in [0.5, 0.6) is 11.5 Å². The van der Waals surface area contributed by atoms with Crippen LogP contribution in [-0.2, 0) is 5.48 Å².